The lowest BCUT2D eigenvalue weighted by Crippen LogP contribution is -2.34. The molecule has 1 fully saturated rings. The minimum atomic E-state index is -1.05. The minimum absolute atomic E-state index is 0.0351. The summed E-state index contributed by atoms with van der Waals surface area (Å²) in [5.74, 6) is 0.0710. The average Bonchev–Trinajstić information content (AvgIpc) is 2.71. The molecule has 2 aromatic carbocycles. The number of carbonyl (C=O) groups is 1. The van der Waals surface area contributed by atoms with Crippen LogP contribution in [-0.4, -0.2) is 30.9 Å². The van der Waals surface area contributed by atoms with Crippen LogP contribution in [0.1, 0.15) is 49.0 Å². The van der Waals surface area contributed by atoms with Gasteiger partial charge in [-0.3, -0.25) is 0 Å². The summed E-state index contributed by atoms with van der Waals surface area (Å²) in [5, 5.41) is 9.14. The van der Waals surface area contributed by atoms with Gasteiger partial charge in [0.25, 0.3) is 0 Å². The van der Waals surface area contributed by atoms with E-state index in [1.165, 1.54) is 18.2 Å². The van der Waals surface area contributed by atoms with Gasteiger partial charge in [0.05, 0.1) is 19.3 Å². The summed E-state index contributed by atoms with van der Waals surface area (Å²) in [6, 6.07) is 12.2. The molecule has 0 aromatic heterocycles. The number of ether oxygens (including phenoxy) is 3. The molecule has 0 saturated carbocycles. The fourth-order valence-electron chi connectivity index (χ4n) is 4.31. The number of rotatable bonds is 7. The first-order valence-electron chi connectivity index (χ1n) is 10.3. The monoisotopic (exact) mass is 488 g/mol. The van der Waals surface area contributed by atoms with Crippen molar-refractivity contribution in [1.29, 1.82) is 0 Å². The van der Waals surface area contributed by atoms with Gasteiger partial charge in [-0.05, 0) is 44.9 Å². The molecular weight excluding hydrogens is 460 g/mol. The van der Waals surface area contributed by atoms with Crippen molar-refractivity contribution in [1.82, 2.24) is 0 Å². The Hall–Kier alpha value is -2.31. The molecule has 0 amide bonds. The minimum Gasteiger partial charge on any atom is -0.493 e. The molecule has 0 aliphatic carbocycles. The number of carboxylic acids is 1. The van der Waals surface area contributed by atoms with Gasteiger partial charge in [0.2, 0.25) is 0 Å². The third kappa shape index (κ3) is 5.31. The Kier molecular flexibility index (Phi) is 7.44. The highest BCUT2D eigenvalue weighted by Crippen LogP contribution is 2.50. The summed E-state index contributed by atoms with van der Waals surface area (Å²) in [5.41, 5.74) is 4.25. The predicted octanol–water partition coefficient (Wildman–Crippen LogP) is 6.06. The van der Waals surface area contributed by atoms with Crippen molar-refractivity contribution < 1.29 is 24.1 Å². The number of halogens is 1. The average molecular weight is 489 g/mol. The Morgan fingerprint density at radius 1 is 1.32 bits per heavy atom. The van der Waals surface area contributed by atoms with Crippen molar-refractivity contribution in [2.75, 3.05) is 13.7 Å². The van der Waals surface area contributed by atoms with Crippen molar-refractivity contribution in [3.8, 4) is 11.5 Å². The quantitative estimate of drug-likeness (QED) is 0.480. The van der Waals surface area contributed by atoms with Crippen LogP contribution in [0, 0.1) is 12.8 Å². The highest BCUT2D eigenvalue weighted by Gasteiger charge is 2.39. The first-order valence-corrected chi connectivity index (χ1v) is 11.1. The number of hydrogen-bond acceptors (Lipinski definition) is 4. The lowest BCUT2D eigenvalue weighted by atomic mass is 9.75. The number of benzene rings is 2. The first-order chi connectivity index (χ1) is 14.7. The van der Waals surface area contributed by atoms with Crippen LogP contribution in [0.2, 0.25) is 0 Å². The largest absolute Gasteiger partial charge is 0.493 e. The summed E-state index contributed by atoms with van der Waals surface area (Å²) in [4.78, 5) is 11.2. The van der Waals surface area contributed by atoms with Gasteiger partial charge < -0.3 is 19.3 Å². The van der Waals surface area contributed by atoms with Crippen molar-refractivity contribution in [3.63, 3.8) is 0 Å². The summed E-state index contributed by atoms with van der Waals surface area (Å²) in [7, 11) is 1.54. The van der Waals surface area contributed by atoms with Crippen LogP contribution in [0.4, 0.5) is 0 Å². The van der Waals surface area contributed by atoms with Crippen LogP contribution in [-0.2, 0) is 9.53 Å². The molecule has 4 atom stereocenters. The van der Waals surface area contributed by atoms with Crippen LogP contribution in [0.3, 0.4) is 0 Å². The fraction of sp³-hybridized carbons (Fsp3) is 0.400. The van der Waals surface area contributed by atoms with E-state index in [-0.39, 0.29) is 24.0 Å². The molecule has 0 unspecified atom stereocenters. The molecule has 1 aliphatic rings. The number of aryl methyl sites for hydroxylation is 1. The molecule has 1 N–H and O–H groups in total. The van der Waals surface area contributed by atoms with Gasteiger partial charge in [0, 0.05) is 21.9 Å². The topological polar surface area (TPSA) is 65.0 Å². The molecular formula is C25H29BrO5. The third-order valence-corrected chi connectivity index (χ3v) is 6.28. The fourth-order valence-corrected chi connectivity index (χ4v) is 4.76. The molecule has 1 heterocycles. The van der Waals surface area contributed by atoms with Crippen LogP contribution in [0.25, 0.3) is 0 Å². The molecule has 0 bridgehead atoms. The summed E-state index contributed by atoms with van der Waals surface area (Å²) in [6.45, 7) is 9.97. The van der Waals surface area contributed by atoms with E-state index in [0.717, 1.165) is 22.0 Å². The number of aliphatic carboxylic acids is 1. The first kappa shape index (κ1) is 23.4. The highest BCUT2D eigenvalue weighted by atomic mass is 79.9. The van der Waals surface area contributed by atoms with E-state index in [4.69, 9.17) is 19.3 Å². The van der Waals surface area contributed by atoms with E-state index in [1.807, 2.05) is 13.0 Å². The number of carboxylic acid groups (broad SMARTS) is 1. The van der Waals surface area contributed by atoms with Crippen molar-refractivity contribution in [3.05, 3.63) is 69.7 Å². The number of hydrogen-bond donors (Lipinski definition) is 1. The molecule has 6 heteroatoms. The van der Waals surface area contributed by atoms with Crippen LogP contribution < -0.4 is 9.47 Å². The Labute approximate surface area is 192 Å². The molecule has 2 aromatic rings. The lowest BCUT2D eigenvalue weighted by molar-refractivity contribution is -0.139. The molecule has 3 rings (SSSR count). The van der Waals surface area contributed by atoms with E-state index in [1.54, 1.807) is 6.07 Å². The van der Waals surface area contributed by atoms with E-state index in [9.17, 15) is 4.79 Å². The van der Waals surface area contributed by atoms with E-state index in [0.29, 0.717) is 11.5 Å². The molecule has 1 aliphatic heterocycles. The van der Waals surface area contributed by atoms with E-state index < -0.39 is 12.6 Å². The van der Waals surface area contributed by atoms with Gasteiger partial charge in [-0.2, -0.15) is 0 Å². The number of methoxy groups -OCH3 is 1. The van der Waals surface area contributed by atoms with Gasteiger partial charge >= 0.3 is 5.97 Å². The zero-order valence-electron chi connectivity index (χ0n) is 18.4. The molecule has 0 spiro atoms. The molecule has 1 saturated heterocycles. The summed E-state index contributed by atoms with van der Waals surface area (Å²) < 4.78 is 18.6. The van der Waals surface area contributed by atoms with Gasteiger partial charge in [-0.1, -0.05) is 57.9 Å². The maximum Gasteiger partial charge on any atom is 0.341 e. The Bertz CT molecular complexity index is 970. The standard InChI is InChI=1S/C25H29BrO5/c1-14(2)19-12-20(17-8-6-7-15(3)9-17)16(4)31-24(19)21-10-18(26)11-22(29-5)25(21)30-13-23(27)28/h6-11,16,19-20,24H,1,12-13H2,2-5H3,(H,27,28)/t16-,19+,20-,24-/m0/s1. The second-order valence-electron chi connectivity index (χ2n) is 8.18. The van der Waals surface area contributed by atoms with Gasteiger partial charge in [0.1, 0.15) is 0 Å². The summed E-state index contributed by atoms with van der Waals surface area (Å²) >= 11 is 3.53. The van der Waals surface area contributed by atoms with Crippen molar-refractivity contribution in [2.45, 2.75) is 45.3 Å². The van der Waals surface area contributed by atoms with Gasteiger partial charge in [-0.25, -0.2) is 4.79 Å². The second kappa shape index (κ2) is 9.88. The third-order valence-electron chi connectivity index (χ3n) is 5.82. The maximum atomic E-state index is 11.2. The smallest absolute Gasteiger partial charge is 0.341 e. The zero-order valence-corrected chi connectivity index (χ0v) is 19.9. The van der Waals surface area contributed by atoms with E-state index in [2.05, 4.69) is 60.6 Å². The van der Waals surface area contributed by atoms with Crippen molar-refractivity contribution in [2.24, 2.45) is 5.92 Å². The van der Waals surface area contributed by atoms with Crippen LogP contribution >= 0.6 is 15.9 Å². The Balaban J connectivity index is 2.02. The van der Waals surface area contributed by atoms with Gasteiger partial charge in [0.15, 0.2) is 18.1 Å². The molecule has 31 heavy (non-hydrogen) atoms. The van der Waals surface area contributed by atoms with Crippen LogP contribution in [0.15, 0.2) is 53.0 Å². The normalized spacial score (nSPS) is 23.3. The SMILES string of the molecule is C=C(C)[C@H]1C[C@H](c2cccc(C)c2)[C@H](C)O[C@@H]1c1cc(Br)cc(OC)c1OCC(=O)O. The Morgan fingerprint density at radius 3 is 2.68 bits per heavy atom. The maximum absolute atomic E-state index is 11.2. The van der Waals surface area contributed by atoms with Crippen molar-refractivity contribution >= 4 is 21.9 Å². The zero-order chi connectivity index (χ0) is 22.7. The lowest BCUT2D eigenvalue weighted by Gasteiger charge is -2.42. The molecule has 5 nitrogen and oxygen atoms in total. The second-order valence-corrected chi connectivity index (χ2v) is 9.10. The van der Waals surface area contributed by atoms with E-state index >= 15 is 0 Å². The summed E-state index contributed by atoms with van der Waals surface area (Å²) in [6.07, 6.45) is 0.501. The highest BCUT2D eigenvalue weighted by molar-refractivity contribution is 9.10. The molecule has 166 valence electrons. The predicted molar refractivity (Wildman–Crippen MR) is 124 cm³/mol. The van der Waals surface area contributed by atoms with Gasteiger partial charge in [-0.15, -0.1) is 0 Å². The Morgan fingerprint density at radius 2 is 2.06 bits per heavy atom. The van der Waals surface area contributed by atoms with Crippen LogP contribution in [0.5, 0.6) is 11.5 Å². The molecule has 0 radical (unpaired) electrons.